The monoisotopic (exact) mass is 345 g/mol. The van der Waals surface area contributed by atoms with Gasteiger partial charge < -0.3 is 15.1 Å². The summed E-state index contributed by atoms with van der Waals surface area (Å²) >= 11 is 0. The van der Waals surface area contributed by atoms with Crippen molar-refractivity contribution in [2.45, 2.75) is 52.5 Å². The van der Waals surface area contributed by atoms with Gasteiger partial charge in [0.1, 0.15) is 0 Å². The number of nitrogens with zero attached hydrogens (tertiary/aromatic N) is 2. The molecule has 0 unspecified atom stereocenters. The second-order valence-corrected chi connectivity index (χ2v) is 7.76. The molecular formula is C20H31N3O2. The first kappa shape index (κ1) is 19.3. The second kappa shape index (κ2) is 8.37. The topological polar surface area (TPSA) is 52.7 Å². The molecule has 138 valence electrons. The predicted octanol–water partition coefficient (Wildman–Crippen LogP) is 3.30. The van der Waals surface area contributed by atoms with Gasteiger partial charge in [-0.2, -0.15) is 0 Å². The van der Waals surface area contributed by atoms with E-state index in [1.54, 1.807) is 4.90 Å². The molecule has 25 heavy (non-hydrogen) atoms. The molecule has 0 bridgehead atoms. The first-order valence-corrected chi connectivity index (χ1v) is 9.25. The number of hydrogen-bond acceptors (Lipinski definition) is 2. The molecule has 0 atom stereocenters. The predicted molar refractivity (Wildman–Crippen MR) is 101 cm³/mol. The molecule has 1 aliphatic heterocycles. The Balaban J connectivity index is 1.87. The van der Waals surface area contributed by atoms with Crippen LogP contribution in [0.25, 0.3) is 0 Å². The van der Waals surface area contributed by atoms with E-state index in [0.717, 1.165) is 12.0 Å². The lowest BCUT2D eigenvalue weighted by atomic mass is 10.1. The molecule has 5 heteroatoms. The Kier molecular flexibility index (Phi) is 6.45. The van der Waals surface area contributed by atoms with E-state index in [1.807, 2.05) is 37.8 Å². The number of amides is 3. The largest absolute Gasteiger partial charge is 0.335 e. The molecule has 2 rings (SSSR count). The summed E-state index contributed by atoms with van der Waals surface area (Å²) in [7, 11) is 0. The van der Waals surface area contributed by atoms with Crippen molar-refractivity contribution in [2.24, 2.45) is 0 Å². The number of aryl methyl sites for hydroxylation is 1. The third-order valence-corrected chi connectivity index (χ3v) is 4.36. The van der Waals surface area contributed by atoms with Crippen LogP contribution in [0.5, 0.6) is 0 Å². The van der Waals surface area contributed by atoms with Crippen LogP contribution in [0, 0.1) is 0 Å². The van der Waals surface area contributed by atoms with Crippen molar-refractivity contribution in [3.05, 3.63) is 35.4 Å². The minimum Gasteiger partial charge on any atom is -0.335 e. The first-order valence-electron chi connectivity index (χ1n) is 9.25. The van der Waals surface area contributed by atoms with E-state index in [1.165, 1.54) is 18.4 Å². The Hall–Kier alpha value is -2.04. The van der Waals surface area contributed by atoms with Gasteiger partial charge >= 0.3 is 6.03 Å². The van der Waals surface area contributed by atoms with E-state index in [9.17, 15) is 9.59 Å². The van der Waals surface area contributed by atoms with Gasteiger partial charge in [-0.3, -0.25) is 4.79 Å². The summed E-state index contributed by atoms with van der Waals surface area (Å²) in [5.41, 5.74) is 1.76. The minimum atomic E-state index is -0.246. The highest BCUT2D eigenvalue weighted by molar-refractivity contribution is 5.94. The summed E-state index contributed by atoms with van der Waals surface area (Å²) < 4.78 is 0. The summed E-state index contributed by atoms with van der Waals surface area (Å²) in [6.45, 7) is 10.4. The SMILES string of the molecule is CCCCc1ccc(C(=O)N2CCN(C(=O)NC(C)(C)C)CC2)cc1. The maximum atomic E-state index is 12.6. The molecule has 0 saturated carbocycles. The van der Waals surface area contributed by atoms with Gasteiger partial charge in [0.05, 0.1) is 0 Å². The van der Waals surface area contributed by atoms with Crippen LogP contribution in [0.1, 0.15) is 56.5 Å². The van der Waals surface area contributed by atoms with Gasteiger partial charge in [-0.25, -0.2) is 4.79 Å². The summed E-state index contributed by atoms with van der Waals surface area (Å²) in [6.07, 6.45) is 3.41. The van der Waals surface area contributed by atoms with Crippen LogP contribution < -0.4 is 5.32 Å². The summed E-state index contributed by atoms with van der Waals surface area (Å²) in [5.74, 6) is 0.0536. The first-order chi connectivity index (χ1) is 11.8. The Morgan fingerprint density at radius 3 is 2.08 bits per heavy atom. The van der Waals surface area contributed by atoms with E-state index >= 15 is 0 Å². The Morgan fingerprint density at radius 2 is 1.56 bits per heavy atom. The summed E-state index contributed by atoms with van der Waals surface area (Å²) in [6, 6.07) is 7.89. The zero-order valence-corrected chi connectivity index (χ0v) is 16.0. The van der Waals surface area contributed by atoms with Crippen molar-refractivity contribution in [2.75, 3.05) is 26.2 Å². The van der Waals surface area contributed by atoms with Crippen molar-refractivity contribution in [1.82, 2.24) is 15.1 Å². The van der Waals surface area contributed by atoms with Crippen LogP contribution in [0.3, 0.4) is 0 Å². The molecule has 0 spiro atoms. The molecule has 0 aromatic heterocycles. The number of rotatable bonds is 4. The minimum absolute atomic E-state index is 0.0536. The van der Waals surface area contributed by atoms with Crippen molar-refractivity contribution in [3.63, 3.8) is 0 Å². The Labute approximate surface area is 151 Å². The highest BCUT2D eigenvalue weighted by Crippen LogP contribution is 2.12. The highest BCUT2D eigenvalue weighted by atomic mass is 16.2. The fourth-order valence-electron chi connectivity index (χ4n) is 2.89. The maximum absolute atomic E-state index is 12.6. The summed E-state index contributed by atoms with van der Waals surface area (Å²) in [4.78, 5) is 28.4. The standard InChI is InChI=1S/C20H31N3O2/c1-5-6-7-16-8-10-17(11-9-16)18(24)22-12-14-23(15-13-22)19(25)21-20(2,3)4/h8-11H,5-7,12-15H2,1-4H3,(H,21,25). The van der Waals surface area contributed by atoms with Crippen LogP contribution in [0.4, 0.5) is 4.79 Å². The van der Waals surface area contributed by atoms with E-state index in [2.05, 4.69) is 24.4 Å². The van der Waals surface area contributed by atoms with Crippen LogP contribution in [0.15, 0.2) is 24.3 Å². The molecule has 1 N–H and O–H groups in total. The van der Waals surface area contributed by atoms with Gasteiger partial charge in [-0.1, -0.05) is 25.5 Å². The molecule has 0 aliphatic carbocycles. The fraction of sp³-hybridized carbons (Fsp3) is 0.600. The Morgan fingerprint density at radius 1 is 1.00 bits per heavy atom. The number of urea groups is 1. The average Bonchev–Trinajstić information content (AvgIpc) is 2.58. The van der Waals surface area contributed by atoms with Crippen molar-refractivity contribution in [1.29, 1.82) is 0 Å². The number of benzene rings is 1. The molecule has 0 radical (unpaired) electrons. The van der Waals surface area contributed by atoms with E-state index in [0.29, 0.717) is 26.2 Å². The number of carbonyl (C=O) groups excluding carboxylic acids is 2. The van der Waals surface area contributed by atoms with Gasteiger partial charge in [0, 0.05) is 37.3 Å². The van der Waals surface area contributed by atoms with E-state index < -0.39 is 0 Å². The normalized spacial score (nSPS) is 15.2. The Bertz CT molecular complexity index is 582. The smallest absolute Gasteiger partial charge is 0.317 e. The van der Waals surface area contributed by atoms with Crippen LogP contribution >= 0.6 is 0 Å². The van der Waals surface area contributed by atoms with Gasteiger partial charge in [-0.05, 0) is 51.3 Å². The third-order valence-electron chi connectivity index (χ3n) is 4.36. The van der Waals surface area contributed by atoms with Crippen LogP contribution in [0.2, 0.25) is 0 Å². The van der Waals surface area contributed by atoms with Crippen molar-refractivity contribution < 1.29 is 9.59 Å². The number of unbranched alkanes of at least 4 members (excludes halogenated alkanes) is 1. The molecular weight excluding hydrogens is 314 g/mol. The lowest BCUT2D eigenvalue weighted by molar-refractivity contribution is 0.0661. The van der Waals surface area contributed by atoms with Gasteiger partial charge in [0.2, 0.25) is 0 Å². The molecule has 1 heterocycles. The van der Waals surface area contributed by atoms with E-state index in [-0.39, 0.29) is 17.5 Å². The molecule has 1 aliphatic rings. The molecule has 1 aromatic rings. The average molecular weight is 345 g/mol. The molecule has 1 aromatic carbocycles. The highest BCUT2D eigenvalue weighted by Gasteiger charge is 2.26. The molecule has 5 nitrogen and oxygen atoms in total. The van der Waals surface area contributed by atoms with Gasteiger partial charge in [0.25, 0.3) is 5.91 Å². The van der Waals surface area contributed by atoms with Crippen molar-refractivity contribution in [3.8, 4) is 0 Å². The van der Waals surface area contributed by atoms with Crippen LogP contribution in [-0.4, -0.2) is 53.5 Å². The third kappa shape index (κ3) is 5.76. The second-order valence-electron chi connectivity index (χ2n) is 7.76. The zero-order valence-electron chi connectivity index (χ0n) is 16.0. The van der Waals surface area contributed by atoms with Gasteiger partial charge in [-0.15, -0.1) is 0 Å². The number of piperazine rings is 1. The number of carbonyl (C=O) groups is 2. The summed E-state index contributed by atoms with van der Waals surface area (Å²) in [5, 5.41) is 2.97. The fourth-order valence-corrected chi connectivity index (χ4v) is 2.89. The number of hydrogen-bond donors (Lipinski definition) is 1. The molecule has 1 saturated heterocycles. The molecule has 3 amide bonds. The lowest BCUT2D eigenvalue weighted by Crippen LogP contribution is -2.56. The quantitative estimate of drug-likeness (QED) is 0.910. The lowest BCUT2D eigenvalue weighted by Gasteiger charge is -2.36. The van der Waals surface area contributed by atoms with Crippen molar-refractivity contribution >= 4 is 11.9 Å². The van der Waals surface area contributed by atoms with Crippen LogP contribution in [-0.2, 0) is 6.42 Å². The number of nitrogens with one attached hydrogen (secondary N) is 1. The zero-order chi connectivity index (χ0) is 18.4. The maximum Gasteiger partial charge on any atom is 0.317 e. The van der Waals surface area contributed by atoms with E-state index in [4.69, 9.17) is 0 Å². The van der Waals surface area contributed by atoms with Gasteiger partial charge in [0.15, 0.2) is 0 Å². The molecule has 1 fully saturated rings.